The highest BCUT2D eigenvalue weighted by molar-refractivity contribution is 7.47. The molecule has 0 spiro atoms. The van der Waals surface area contributed by atoms with Crippen molar-refractivity contribution in [3.63, 3.8) is 0 Å². The molecule has 0 aromatic carbocycles. The number of unbranched alkanes of at least 4 members (excludes halogenated alkanes) is 11. The molecule has 0 aromatic heterocycles. The van der Waals surface area contributed by atoms with Crippen molar-refractivity contribution in [2.45, 2.75) is 148 Å². The zero-order valence-corrected chi connectivity index (χ0v) is 34.4. The molecule has 0 bridgehead atoms. The first-order valence-electron chi connectivity index (χ1n) is 20.0. The Morgan fingerprint density at radius 3 is 1.65 bits per heavy atom. The molecule has 2 atom stereocenters. The van der Waals surface area contributed by atoms with Gasteiger partial charge in [-0.1, -0.05) is 120 Å². The minimum absolute atomic E-state index is 0.0225. The smallest absolute Gasteiger partial charge is 0.462 e. The molecule has 0 aliphatic rings. The Labute approximate surface area is 317 Å². The Balaban J connectivity index is 4.48. The number of quaternary nitrogens is 1. The molecule has 0 saturated heterocycles. The van der Waals surface area contributed by atoms with Crippen molar-refractivity contribution in [1.29, 1.82) is 0 Å². The number of carbonyl (C=O) groups is 2. The number of nitrogens with zero attached hydrogens (tertiary/aromatic N) is 1. The van der Waals surface area contributed by atoms with Crippen LogP contribution in [-0.2, 0) is 32.7 Å². The van der Waals surface area contributed by atoms with E-state index in [1.807, 2.05) is 21.1 Å². The number of phosphoric acid groups is 1. The van der Waals surface area contributed by atoms with E-state index in [0.717, 1.165) is 96.3 Å². The van der Waals surface area contributed by atoms with Crippen molar-refractivity contribution in [1.82, 2.24) is 0 Å². The molecule has 300 valence electrons. The van der Waals surface area contributed by atoms with E-state index in [9.17, 15) is 19.0 Å². The summed E-state index contributed by atoms with van der Waals surface area (Å²) in [5.41, 5.74) is 0. The third-order valence-electron chi connectivity index (χ3n) is 8.03. The summed E-state index contributed by atoms with van der Waals surface area (Å²) in [7, 11) is 1.44. The Bertz CT molecular complexity index is 1080. The molecule has 0 aliphatic heterocycles. The second-order valence-electron chi connectivity index (χ2n) is 14.3. The second kappa shape index (κ2) is 34.5. The van der Waals surface area contributed by atoms with Crippen LogP contribution in [0.25, 0.3) is 0 Å². The predicted molar refractivity (Wildman–Crippen MR) is 215 cm³/mol. The van der Waals surface area contributed by atoms with Gasteiger partial charge in [0.05, 0.1) is 27.7 Å². The highest BCUT2D eigenvalue weighted by Gasteiger charge is 2.27. The number of carbonyl (C=O) groups excluding carboxylic acids is 2. The van der Waals surface area contributed by atoms with Gasteiger partial charge in [-0.3, -0.25) is 18.6 Å². The van der Waals surface area contributed by atoms with Gasteiger partial charge in [-0.2, -0.15) is 0 Å². The fourth-order valence-corrected chi connectivity index (χ4v) is 5.61. The average Bonchev–Trinajstić information content (AvgIpc) is 3.09. The first-order chi connectivity index (χ1) is 25.0. The number of ether oxygens (including phenoxy) is 2. The number of allylic oxidation sites excluding steroid dienone is 10. The third kappa shape index (κ3) is 37.5. The molecule has 0 amide bonds. The van der Waals surface area contributed by atoms with Crippen molar-refractivity contribution in [3.8, 4) is 0 Å². The Kier molecular flexibility index (Phi) is 33.0. The van der Waals surface area contributed by atoms with Gasteiger partial charge in [0.25, 0.3) is 0 Å². The predicted octanol–water partition coefficient (Wildman–Crippen LogP) is 10.9. The summed E-state index contributed by atoms with van der Waals surface area (Å²) >= 11 is 0. The third-order valence-corrected chi connectivity index (χ3v) is 9.02. The number of hydrogen-bond donors (Lipinski definition) is 1. The van der Waals surface area contributed by atoms with E-state index in [0.29, 0.717) is 17.4 Å². The first kappa shape index (κ1) is 49.7. The van der Waals surface area contributed by atoms with Crippen LogP contribution < -0.4 is 0 Å². The first-order valence-corrected chi connectivity index (χ1v) is 21.5. The van der Waals surface area contributed by atoms with E-state index in [1.54, 1.807) is 0 Å². The van der Waals surface area contributed by atoms with Crippen molar-refractivity contribution >= 4 is 19.8 Å². The number of phosphoric ester groups is 1. The van der Waals surface area contributed by atoms with Crippen molar-refractivity contribution < 1.29 is 42.1 Å². The van der Waals surface area contributed by atoms with E-state index in [2.05, 4.69) is 74.6 Å². The zero-order valence-electron chi connectivity index (χ0n) is 33.5. The van der Waals surface area contributed by atoms with Gasteiger partial charge in [0.2, 0.25) is 0 Å². The number of esters is 2. The van der Waals surface area contributed by atoms with Gasteiger partial charge in [0, 0.05) is 12.8 Å². The fourth-order valence-electron chi connectivity index (χ4n) is 4.87. The highest BCUT2D eigenvalue weighted by atomic mass is 31.2. The quantitative estimate of drug-likeness (QED) is 0.0224. The van der Waals surface area contributed by atoms with E-state index in [-0.39, 0.29) is 32.0 Å². The molecule has 2 unspecified atom stereocenters. The van der Waals surface area contributed by atoms with Gasteiger partial charge in [0.15, 0.2) is 6.10 Å². The summed E-state index contributed by atoms with van der Waals surface area (Å²) in [6.07, 6.45) is 39.8. The molecule has 0 fully saturated rings. The molecule has 1 N–H and O–H groups in total. The normalized spacial score (nSPS) is 14.3. The summed E-state index contributed by atoms with van der Waals surface area (Å²) in [6.45, 7) is 4.20. The number of hydrogen-bond acceptors (Lipinski definition) is 7. The molecule has 0 saturated carbocycles. The van der Waals surface area contributed by atoms with Crippen LogP contribution >= 0.6 is 7.82 Å². The highest BCUT2D eigenvalue weighted by Crippen LogP contribution is 2.43. The van der Waals surface area contributed by atoms with Gasteiger partial charge >= 0.3 is 19.8 Å². The molecule has 0 radical (unpaired) electrons. The maximum atomic E-state index is 12.6. The molecule has 0 aromatic rings. The summed E-state index contributed by atoms with van der Waals surface area (Å²) in [5.74, 6) is -0.845. The molecule has 9 nitrogen and oxygen atoms in total. The van der Waals surface area contributed by atoms with Gasteiger partial charge < -0.3 is 18.9 Å². The van der Waals surface area contributed by atoms with Crippen LogP contribution in [0.15, 0.2) is 60.8 Å². The van der Waals surface area contributed by atoms with Crippen LogP contribution in [0.4, 0.5) is 0 Å². The zero-order chi connectivity index (χ0) is 38.6. The van der Waals surface area contributed by atoms with Crippen molar-refractivity contribution in [2.24, 2.45) is 0 Å². The fraction of sp³-hybridized carbons (Fsp3) is 0.714. The summed E-state index contributed by atoms with van der Waals surface area (Å²) in [5, 5.41) is 0. The Morgan fingerprint density at radius 2 is 1.10 bits per heavy atom. The minimum atomic E-state index is -4.38. The lowest BCUT2D eigenvalue weighted by atomic mass is 10.1. The standard InChI is InChI=1S/C42H74NO8P/c1-6-8-10-12-14-16-18-19-20-21-22-23-25-27-29-31-33-35-42(45)51-40(39-50-52(46,47)49-37-36-43(3,4)5)38-48-41(44)34-32-30-28-26-24-17-15-13-11-9-7-2/h8,10,13-16,19-20,22-23,40H,6-7,9,11-12,17-18,21,24-39H2,1-5H3/p+1/b10-8-,15-13-,16-14-,20-19-,23-22-. The van der Waals surface area contributed by atoms with Crippen LogP contribution in [0.3, 0.4) is 0 Å². The lowest BCUT2D eigenvalue weighted by molar-refractivity contribution is -0.870. The van der Waals surface area contributed by atoms with Crippen LogP contribution in [0, 0.1) is 0 Å². The van der Waals surface area contributed by atoms with E-state index >= 15 is 0 Å². The monoisotopic (exact) mass is 753 g/mol. The second-order valence-corrected chi connectivity index (χ2v) is 15.7. The van der Waals surface area contributed by atoms with Crippen LogP contribution in [-0.4, -0.2) is 74.9 Å². The molecule has 10 heteroatoms. The molecule has 0 rings (SSSR count). The van der Waals surface area contributed by atoms with Crippen LogP contribution in [0.1, 0.15) is 142 Å². The summed E-state index contributed by atoms with van der Waals surface area (Å²) in [4.78, 5) is 35.2. The lowest BCUT2D eigenvalue weighted by Crippen LogP contribution is -2.37. The average molecular weight is 753 g/mol. The van der Waals surface area contributed by atoms with Gasteiger partial charge in [-0.15, -0.1) is 0 Å². The molecular weight excluding hydrogens is 677 g/mol. The van der Waals surface area contributed by atoms with E-state index < -0.39 is 26.5 Å². The molecule has 0 aliphatic carbocycles. The van der Waals surface area contributed by atoms with Crippen molar-refractivity contribution in [2.75, 3.05) is 47.5 Å². The lowest BCUT2D eigenvalue weighted by Gasteiger charge is -2.24. The number of rotatable bonds is 35. The topological polar surface area (TPSA) is 108 Å². The Morgan fingerprint density at radius 1 is 0.615 bits per heavy atom. The van der Waals surface area contributed by atoms with Gasteiger partial charge in [0.1, 0.15) is 19.8 Å². The molecule has 0 heterocycles. The molecule has 52 heavy (non-hydrogen) atoms. The minimum Gasteiger partial charge on any atom is -0.462 e. The van der Waals surface area contributed by atoms with Crippen LogP contribution in [0.2, 0.25) is 0 Å². The maximum absolute atomic E-state index is 12.6. The number of likely N-dealkylation sites (N-methyl/N-ethyl adjacent to an activating group) is 1. The van der Waals surface area contributed by atoms with Gasteiger partial charge in [-0.25, -0.2) is 4.57 Å². The maximum Gasteiger partial charge on any atom is 0.472 e. The van der Waals surface area contributed by atoms with Crippen molar-refractivity contribution in [3.05, 3.63) is 60.8 Å². The van der Waals surface area contributed by atoms with Gasteiger partial charge in [-0.05, 0) is 70.6 Å². The summed E-state index contributed by atoms with van der Waals surface area (Å²) in [6, 6.07) is 0. The largest absolute Gasteiger partial charge is 0.472 e. The van der Waals surface area contributed by atoms with Crippen LogP contribution in [0.5, 0.6) is 0 Å². The summed E-state index contributed by atoms with van der Waals surface area (Å²) < 4.78 is 34.1. The molecular formula is C42H75NO8P+. The SMILES string of the molecule is CC/C=C\C/C=C\C/C=C\C/C=C\CCCCCCC(=O)OC(COC(=O)CCCCCCC/C=C\CCCC)COP(=O)(O)OCC[N+](C)(C)C. The Hall–Kier alpha value is -2.29. The van der Waals surface area contributed by atoms with E-state index in [4.69, 9.17) is 18.5 Å². The van der Waals surface area contributed by atoms with E-state index in [1.165, 1.54) is 12.8 Å².